The summed E-state index contributed by atoms with van der Waals surface area (Å²) < 4.78 is 0. The summed E-state index contributed by atoms with van der Waals surface area (Å²) in [4.78, 5) is 29.8. The molecule has 0 spiro atoms. The summed E-state index contributed by atoms with van der Waals surface area (Å²) in [6, 6.07) is 0. The van der Waals surface area contributed by atoms with Crippen molar-refractivity contribution in [1.82, 2.24) is 20.0 Å². The van der Waals surface area contributed by atoms with E-state index in [-0.39, 0.29) is 5.91 Å². The maximum Gasteiger partial charge on any atom is 0.311 e. The van der Waals surface area contributed by atoms with Crippen molar-refractivity contribution in [2.45, 2.75) is 20.3 Å². The number of nitrogens with zero attached hydrogens (tertiary/aromatic N) is 3. The van der Waals surface area contributed by atoms with Gasteiger partial charge < -0.3 is 20.0 Å². The number of carbonyl (C=O) groups excluding carboxylic acids is 2. The van der Waals surface area contributed by atoms with E-state index in [1.165, 1.54) is 0 Å². The van der Waals surface area contributed by atoms with Gasteiger partial charge in [0.2, 0.25) is 0 Å². The monoisotopic (exact) mass is 284 g/mol. The third-order valence-corrected chi connectivity index (χ3v) is 3.82. The van der Waals surface area contributed by atoms with Crippen molar-refractivity contribution >= 4 is 11.8 Å². The first-order valence-corrected chi connectivity index (χ1v) is 7.56. The smallest absolute Gasteiger partial charge is 0.311 e. The summed E-state index contributed by atoms with van der Waals surface area (Å²) in [5, 5.41) is 2.72. The van der Waals surface area contributed by atoms with Crippen LogP contribution in [0.2, 0.25) is 0 Å². The summed E-state index contributed by atoms with van der Waals surface area (Å²) in [5.41, 5.74) is 0. The second-order valence-electron chi connectivity index (χ2n) is 5.23. The molecule has 0 unspecified atom stereocenters. The molecule has 6 nitrogen and oxygen atoms in total. The van der Waals surface area contributed by atoms with Gasteiger partial charge in [0.25, 0.3) is 0 Å². The molecule has 0 aromatic rings. The van der Waals surface area contributed by atoms with Crippen molar-refractivity contribution in [2.24, 2.45) is 0 Å². The van der Waals surface area contributed by atoms with Gasteiger partial charge in [-0.3, -0.25) is 9.59 Å². The Bertz CT molecular complexity index is 310. The molecule has 6 heteroatoms. The molecule has 1 aliphatic rings. The van der Waals surface area contributed by atoms with Crippen LogP contribution in [0.4, 0.5) is 0 Å². The SMILES string of the molecule is CCN(CC)CCCNC(=O)C(=O)N1CCN(C)CC1. The minimum Gasteiger partial charge on any atom is -0.348 e. The fourth-order valence-corrected chi connectivity index (χ4v) is 2.27. The van der Waals surface area contributed by atoms with Crippen molar-refractivity contribution in [1.29, 1.82) is 0 Å². The average molecular weight is 284 g/mol. The highest BCUT2D eigenvalue weighted by Crippen LogP contribution is 1.99. The molecule has 116 valence electrons. The maximum atomic E-state index is 11.9. The fraction of sp³-hybridized carbons (Fsp3) is 0.857. The lowest BCUT2D eigenvalue weighted by Gasteiger charge is -2.31. The molecular weight excluding hydrogens is 256 g/mol. The van der Waals surface area contributed by atoms with Gasteiger partial charge in [0.15, 0.2) is 0 Å². The number of likely N-dealkylation sites (N-methyl/N-ethyl adjacent to an activating group) is 1. The third-order valence-electron chi connectivity index (χ3n) is 3.82. The first-order valence-electron chi connectivity index (χ1n) is 7.56. The molecule has 1 heterocycles. The van der Waals surface area contributed by atoms with Crippen molar-refractivity contribution in [3.63, 3.8) is 0 Å². The van der Waals surface area contributed by atoms with Crippen molar-refractivity contribution < 1.29 is 9.59 Å². The van der Waals surface area contributed by atoms with Gasteiger partial charge in [0.05, 0.1) is 0 Å². The van der Waals surface area contributed by atoms with Crippen LogP contribution in [-0.4, -0.2) is 85.9 Å². The zero-order valence-electron chi connectivity index (χ0n) is 13.0. The lowest BCUT2D eigenvalue weighted by molar-refractivity contribution is -0.146. The summed E-state index contributed by atoms with van der Waals surface area (Å²) >= 11 is 0. The largest absolute Gasteiger partial charge is 0.348 e. The molecule has 0 aliphatic carbocycles. The molecule has 1 N–H and O–H groups in total. The first kappa shape index (κ1) is 16.9. The van der Waals surface area contributed by atoms with Crippen LogP contribution in [0.15, 0.2) is 0 Å². The predicted octanol–water partition coefficient (Wildman–Crippen LogP) is -0.391. The van der Waals surface area contributed by atoms with Crippen molar-refractivity contribution in [3.8, 4) is 0 Å². The number of piperazine rings is 1. The molecule has 1 saturated heterocycles. The van der Waals surface area contributed by atoms with E-state index < -0.39 is 5.91 Å². The van der Waals surface area contributed by atoms with Crippen LogP contribution in [0.3, 0.4) is 0 Å². The summed E-state index contributed by atoms with van der Waals surface area (Å²) in [5.74, 6) is -0.852. The van der Waals surface area contributed by atoms with Crippen LogP contribution in [0.25, 0.3) is 0 Å². The minimum atomic E-state index is -0.464. The highest BCUT2D eigenvalue weighted by atomic mass is 16.2. The molecule has 0 saturated carbocycles. The van der Waals surface area contributed by atoms with Crippen LogP contribution >= 0.6 is 0 Å². The molecular formula is C14H28N4O2. The lowest BCUT2D eigenvalue weighted by atomic mass is 10.3. The highest BCUT2D eigenvalue weighted by molar-refractivity contribution is 6.35. The molecule has 0 bridgehead atoms. The second kappa shape index (κ2) is 8.92. The fourth-order valence-electron chi connectivity index (χ4n) is 2.27. The molecule has 0 radical (unpaired) electrons. The van der Waals surface area contributed by atoms with Crippen LogP contribution in [0.1, 0.15) is 20.3 Å². The van der Waals surface area contributed by atoms with Crippen LogP contribution < -0.4 is 5.32 Å². The predicted molar refractivity (Wildman–Crippen MR) is 79.5 cm³/mol. The molecule has 2 amide bonds. The second-order valence-corrected chi connectivity index (χ2v) is 5.23. The molecule has 20 heavy (non-hydrogen) atoms. The molecule has 0 atom stereocenters. The van der Waals surface area contributed by atoms with Crippen LogP contribution in [-0.2, 0) is 9.59 Å². The van der Waals surface area contributed by atoms with E-state index in [4.69, 9.17) is 0 Å². The number of hydrogen-bond acceptors (Lipinski definition) is 4. The third kappa shape index (κ3) is 5.46. The zero-order chi connectivity index (χ0) is 15.0. The van der Waals surface area contributed by atoms with Crippen LogP contribution in [0.5, 0.6) is 0 Å². The van der Waals surface area contributed by atoms with Gasteiger partial charge in [0, 0.05) is 32.7 Å². The average Bonchev–Trinajstić information content (AvgIpc) is 2.47. The van der Waals surface area contributed by atoms with Gasteiger partial charge in [-0.25, -0.2) is 0 Å². The Morgan fingerprint density at radius 1 is 1.10 bits per heavy atom. The number of carbonyl (C=O) groups is 2. The Hall–Kier alpha value is -1.14. The topological polar surface area (TPSA) is 55.9 Å². The Morgan fingerprint density at radius 3 is 2.25 bits per heavy atom. The minimum absolute atomic E-state index is 0.388. The van der Waals surface area contributed by atoms with E-state index in [0.29, 0.717) is 19.6 Å². The van der Waals surface area contributed by atoms with E-state index in [0.717, 1.165) is 39.1 Å². The number of rotatable bonds is 6. The van der Waals surface area contributed by atoms with Crippen LogP contribution in [0, 0.1) is 0 Å². The molecule has 0 aromatic carbocycles. The van der Waals surface area contributed by atoms with Gasteiger partial charge >= 0.3 is 11.8 Å². The van der Waals surface area contributed by atoms with Crippen molar-refractivity contribution in [3.05, 3.63) is 0 Å². The molecule has 1 rings (SSSR count). The Morgan fingerprint density at radius 2 is 1.70 bits per heavy atom. The highest BCUT2D eigenvalue weighted by Gasteiger charge is 2.24. The van der Waals surface area contributed by atoms with E-state index in [2.05, 4.69) is 29.0 Å². The standard InChI is InChI=1S/C14H28N4O2/c1-4-17(5-2)8-6-7-15-13(19)14(20)18-11-9-16(3)10-12-18/h4-12H2,1-3H3,(H,15,19). The van der Waals surface area contributed by atoms with Gasteiger partial charge in [-0.05, 0) is 33.1 Å². The summed E-state index contributed by atoms with van der Waals surface area (Å²) in [6.45, 7) is 10.8. The number of amides is 2. The quantitative estimate of drug-likeness (QED) is 0.533. The van der Waals surface area contributed by atoms with E-state index in [9.17, 15) is 9.59 Å². The number of hydrogen-bond donors (Lipinski definition) is 1. The normalized spacial score (nSPS) is 16.5. The summed E-state index contributed by atoms with van der Waals surface area (Å²) in [6.07, 6.45) is 0.878. The van der Waals surface area contributed by atoms with Crippen molar-refractivity contribution in [2.75, 3.05) is 59.4 Å². The van der Waals surface area contributed by atoms with Gasteiger partial charge in [-0.15, -0.1) is 0 Å². The van der Waals surface area contributed by atoms with Gasteiger partial charge in [-0.1, -0.05) is 13.8 Å². The summed E-state index contributed by atoms with van der Waals surface area (Å²) in [7, 11) is 2.02. The first-order chi connectivity index (χ1) is 9.58. The van der Waals surface area contributed by atoms with E-state index in [1.807, 2.05) is 7.05 Å². The maximum absolute atomic E-state index is 11.9. The lowest BCUT2D eigenvalue weighted by Crippen LogP contribution is -2.51. The zero-order valence-corrected chi connectivity index (χ0v) is 13.0. The Labute approximate surface area is 122 Å². The number of nitrogens with one attached hydrogen (secondary N) is 1. The van der Waals surface area contributed by atoms with E-state index >= 15 is 0 Å². The van der Waals surface area contributed by atoms with Gasteiger partial charge in [0.1, 0.15) is 0 Å². The Kier molecular flexibility index (Phi) is 7.54. The Balaban J connectivity index is 2.20. The van der Waals surface area contributed by atoms with Gasteiger partial charge in [-0.2, -0.15) is 0 Å². The van der Waals surface area contributed by atoms with E-state index in [1.54, 1.807) is 4.90 Å². The molecule has 0 aromatic heterocycles. The molecule has 1 aliphatic heterocycles. The molecule has 1 fully saturated rings.